The molecule has 1 heterocycles. The molecule has 3 aromatic rings. The zero-order valence-corrected chi connectivity index (χ0v) is 14.0. The lowest BCUT2D eigenvalue weighted by Gasteiger charge is -2.25. The highest BCUT2D eigenvalue weighted by molar-refractivity contribution is 6.11. The quantitative estimate of drug-likeness (QED) is 0.729. The third-order valence-electron chi connectivity index (χ3n) is 4.35. The SMILES string of the molecule is O=C1C(Nc2ccccc2)=C[C@@H](c2ccc(F)cc2)N1c1ccccc1. The Morgan fingerprint density at radius 1 is 0.808 bits per heavy atom. The summed E-state index contributed by atoms with van der Waals surface area (Å²) in [6.07, 6.45) is 1.88. The number of halogens is 1. The lowest BCUT2D eigenvalue weighted by molar-refractivity contribution is -0.114. The van der Waals surface area contributed by atoms with Gasteiger partial charge in [-0.15, -0.1) is 0 Å². The van der Waals surface area contributed by atoms with Gasteiger partial charge in [0.25, 0.3) is 5.91 Å². The Kier molecular flexibility index (Phi) is 4.23. The van der Waals surface area contributed by atoms with E-state index in [2.05, 4.69) is 5.32 Å². The molecule has 1 N–H and O–H groups in total. The summed E-state index contributed by atoms with van der Waals surface area (Å²) in [4.78, 5) is 14.8. The predicted octanol–water partition coefficient (Wildman–Crippen LogP) is 4.91. The molecule has 3 aromatic carbocycles. The molecule has 0 unspecified atom stereocenters. The van der Waals surface area contributed by atoms with Crippen molar-refractivity contribution in [3.8, 4) is 0 Å². The van der Waals surface area contributed by atoms with Gasteiger partial charge in [0.2, 0.25) is 0 Å². The molecule has 1 aliphatic heterocycles. The van der Waals surface area contributed by atoms with Crippen LogP contribution in [0.15, 0.2) is 96.7 Å². The van der Waals surface area contributed by atoms with Crippen LogP contribution in [0.2, 0.25) is 0 Å². The summed E-state index contributed by atoms with van der Waals surface area (Å²) >= 11 is 0. The van der Waals surface area contributed by atoms with E-state index >= 15 is 0 Å². The fourth-order valence-corrected chi connectivity index (χ4v) is 3.10. The summed E-state index contributed by atoms with van der Waals surface area (Å²) < 4.78 is 13.3. The minimum Gasteiger partial charge on any atom is -0.351 e. The van der Waals surface area contributed by atoms with Crippen LogP contribution in [0.4, 0.5) is 15.8 Å². The highest BCUT2D eigenvalue weighted by atomic mass is 19.1. The van der Waals surface area contributed by atoms with Gasteiger partial charge in [0.05, 0.1) is 6.04 Å². The summed E-state index contributed by atoms with van der Waals surface area (Å²) in [5.41, 5.74) is 3.01. The first-order chi connectivity index (χ1) is 12.7. The smallest absolute Gasteiger partial charge is 0.275 e. The zero-order valence-electron chi connectivity index (χ0n) is 14.0. The minimum atomic E-state index is -0.295. The van der Waals surface area contributed by atoms with E-state index in [-0.39, 0.29) is 17.8 Å². The number of hydrogen-bond donors (Lipinski definition) is 1. The monoisotopic (exact) mass is 344 g/mol. The van der Waals surface area contributed by atoms with Crippen molar-refractivity contribution in [3.05, 3.63) is 108 Å². The second kappa shape index (κ2) is 6.84. The molecule has 1 aliphatic rings. The van der Waals surface area contributed by atoms with Crippen LogP contribution in [-0.4, -0.2) is 5.91 Å². The first-order valence-electron chi connectivity index (χ1n) is 8.40. The van der Waals surface area contributed by atoms with Crippen molar-refractivity contribution < 1.29 is 9.18 Å². The van der Waals surface area contributed by atoms with Gasteiger partial charge in [-0.25, -0.2) is 4.39 Å². The number of carbonyl (C=O) groups excluding carboxylic acids is 1. The van der Waals surface area contributed by atoms with E-state index in [4.69, 9.17) is 0 Å². The number of carbonyl (C=O) groups is 1. The molecule has 1 atom stereocenters. The van der Waals surface area contributed by atoms with Crippen LogP contribution in [0.25, 0.3) is 0 Å². The second-order valence-electron chi connectivity index (χ2n) is 6.08. The summed E-state index contributed by atoms with van der Waals surface area (Å²) in [6, 6.07) is 25.0. The Hall–Kier alpha value is -3.40. The molecule has 0 bridgehead atoms. The first-order valence-corrected chi connectivity index (χ1v) is 8.40. The summed E-state index contributed by atoms with van der Waals surface area (Å²) in [7, 11) is 0. The average Bonchev–Trinajstić information content (AvgIpc) is 3.00. The van der Waals surface area contributed by atoms with E-state index < -0.39 is 0 Å². The third-order valence-corrected chi connectivity index (χ3v) is 4.35. The maximum atomic E-state index is 13.3. The van der Waals surface area contributed by atoms with Crippen LogP contribution in [0, 0.1) is 5.82 Å². The minimum absolute atomic E-state index is 0.116. The highest BCUT2D eigenvalue weighted by Gasteiger charge is 2.34. The fourth-order valence-electron chi connectivity index (χ4n) is 3.10. The van der Waals surface area contributed by atoms with Crippen molar-refractivity contribution >= 4 is 17.3 Å². The van der Waals surface area contributed by atoms with Crippen molar-refractivity contribution in [1.82, 2.24) is 0 Å². The standard InChI is InChI=1S/C22H17FN2O/c23-17-13-11-16(12-14-17)21-15-20(24-18-7-3-1-4-8-18)22(26)25(21)19-9-5-2-6-10-19/h1-15,21,24H/t21-/m0/s1. The van der Waals surface area contributed by atoms with Crippen molar-refractivity contribution in [1.29, 1.82) is 0 Å². The van der Waals surface area contributed by atoms with Gasteiger partial charge in [-0.1, -0.05) is 48.5 Å². The number of para-hydroxylation sites is 2. The van der Waals surface area contributed by atoms with Crippen LogP contribution in [0.5, 0.6) is 0 Å². The second-order valence-corrected chi connectivity index (χ2v) is 6.08. The van der Waals surface area contributed by atoms with E-state index in [1.165, 1.54) is 12.1 Å². The summed E-state index contributed by atoms with van der Waals surface area (Å²) in [5.74, 6) is -0.412. The molecule has 128 valence electrons. The predicted molar refractivity (Wildman–Crippen MR) is 101 cm³/mol. The van der Waals surface area contributed by atoms with Gasteiger partial charge in [0.1, 0.15) is 11.5 Å². The molecule has 0 radical (unpaired) electrons. The van der Waals surface area contributed by atoms with E-state index in [1.807, 2.05) is 66.7 Å². The zero-order chi connectivity index (χ0) is 17.9. The third kappa shape index (κ3) is 3.09. The number of benzene rings is 3. The Bertz CT molecular complexity index is 937. The number of nitrogens with one attached hydrogen (secondary N) is 1. The van der Waals surface area contributed by atoms with E-state index in [0.29, 0.717) is 5.70 Å². The highest BCUT2D eigenvalue weighted by Crippen LogP contribution is 2.35. The first kappa shape index (κ1) is 16.1. The van der Waals surface area contributed by atoms with Crippen LogP contribution in [-0.2, 0) is 4.79 Å². The molecule has 0 saturated carbocycles. The van der Waals surface area contributed by atoms with Crippen LogP contribution < -0.4 is 10.2 Å². The van der Waals surface area contributed by atoms with E-state index in [9.17, 15) is 9.18 Å². The van der Waals surface area contributed by atoms with Gasteiger partial charge >= 0.3 is 0 Å². The van der Waals surface area contributed by atoms with Crippen LogP contribution in [0.1, 0.15) is 11.6 Å². The van der Waals surface area contributed by atoms with Gasteiger partial charge in [-0.3, -0.25) is 9.69 Å². The van der Waals surface area contributed by atoms with E-state index in [1.54, 1.807) is 17.0 Å². The normalized spacial score (nSPS) is 16.5. The largest absolute Gasteiger partial charge is 0.351 e. The molecule has 0 spiro atoms. The van der Waals surface area contributed by atoms with Crippen LogP contribution >= 0.6 is 0 Å². The number of hydrogen-bond acceptors (Lipinski definition) is 2. The van der Waals surface area contributed by atoms with Crippen LogP contribution in [0.3, 0.4) is 0 Å². The number of anilines is 2. The van der Waals surface area contributed by atoms with Gasteiger partial charge in [0.15, 0.2) is 0 Å². The Labute approximate surface area is 151 Å². The lowest BCUT2D eigenvalue weighted by Crippen LogP contribution is -2.30. The Morgan fingerprint density at radius 3 is 2.08 bits per heavy atom. The molecular weight excluding hydrogens is 327 g/mol. The van der Waals surface area contributed by atoms with Gasteiger partial charge in [-0.05, 0) is 48.0 Å². The number of amides is 1. The topological polar surface area (TPSA) is 32.3 Å². The van der Waals surface area contributed by atoms with Gasteiger partial charge in [-0.2, -0.15) is 0 Å². The maximum Gasteiger partial charge on any atom is 0.275 e. The van der Waals surface area contributed by atoms with Crippen molar-refractivity contribution in [3.63, 3.8) is 0 Å². The Balaban J connectivity index is 1.73. The average molecular weight is 344 g/mol. The Morgan fingerprint density at radius 2 is 1.42 bits per heavy atom. The molecule has 4 rings (SSSR count). The molecule has 0 saturated heterocycles. The number of rotatable bonds is 4. The van der Waals surface area contributed by atoms with Gasteiger partial charge in [0, 0.05) is 11.4 Å². The number of nitrogens with zero attached hydrogens (tertiary/aromatic N) is 1. The van der Waals surface area contributed by atoms with E-state index in [0.717, 1.165) is 16.9 Å². The van der Waals surface area contributed by atoms with Crippen molar-refractivity contribution in [2.45, 2.75) is 6.04 Å². The molecule has 4 heteroatoms. The summed E-state index contributed by atoms with van der Waals surface area (Å²) in [6.45, 7) is 0. The molecule has 0 aliphatic carbocycles. The van der Waals surface area contributed by atoms with Crippen molar-refractivity contribution in [2.24, 2.45) is 0 Å². The molecule has 1 amide bonds. The fraction of sp³-hybridized carbons (Fsp3) is 0.0455. The maximum absolute atomic E-state index is 13.3. The summed E-state index contributed by atoms with van der Waals surface area (Å²) in [5, 5.41) is 3.20. The molecular formula is C22H17FN2O. The lowest BCUT2D eigenvalue weighted by atomic mass is 10.1. The molecule has 0 fully saturated rings. The van der Waals surface area contributed by atoms with Crippen molar-refractivity contribution in [2.75, 3.05) is 10.2 Å². The van der Waals surface area contributed by atoms with Gasteiger partial charge < -0.3 is 5.32 Å². The molecule has 3 nitrogen and oxygen atoms in total. The molecule has 0 aromatic heterocycles. The molecule has 26 heavy (non-hydrogen) atoms.